The molecular formula is C12H17NO2. The van der Waals surface area contributed by atoms with Crippen LogP contribution in [-0.2, 0) is 11.2 Å². The lowest BCUT2D eigenvalue weighted by atomic mass is 10.2. The first kappa shape index (κ1) is 11.6. The van der Waals surface area contributed by atoms with E-state index in [2.05, 4.69) is 13.0 Å². The maximum Gasteiger partial charge on any atom is 0.183 e. The van der Waals surface area contributed by atoms with E-state index in [0.717, 1.165) is 12.2 Å². The van der Waals surface area contributed by atoms with Gasteiger partial charge in [0.1, 0.15) is 5.75 Å². The van der Waals surface area contributed by atoms with Crippen molar-refractivity contribution in [3.8, 4) is 5.75 Å². The van der Waals surface area contributed by atoms with Gasteiger partial charge in [-0.05, 0) is 24.1 Å². The first-order valence-electron chi connectivity index (χ1n) is 5.09. The highest BCUT2D eigenvalue weighted by Gasteiger charge is 1.98. The Bertz CT molecular complexity index is 323. The van der Waals surface area contributed by atoms with Crippen LogP contribution < -0.4 is 4.74 Å². The molecule has 3 nitrogen and oxygen atoms in total. The normalized spacial score (nSPS) is 9.73. The number of ether oxygens (including phenoxy) is 2. The molecule has 0 amide bonds. The van der Waals surface area contributed by atoms with Gasteiger partial charge < -0.3 is 9.47 Å². The second-order valence-corrected chi connectivity index (χ2v) is 3.23. The Labute approximate surface area is 90.5 Å². The molecule has 1 aromatic rings. The van der Waals surface area contributed by atoms with Gasteiger partial charge in [0.05, 0.1) is 20.1 Å². The molecular weight excluding hydrogens is 190 g/mol. The number of rotatable bonds is 5. The fourth-order valence-electron chi connectivity index (χ4n) is 1.22. The van der Waals surface area contributed by atoms with Crippen LogP contribution in [0.3, 0.4) is 0 Å². The summed E-state index contributed by atoms with van der Waals surface area (Å²) in [5.74, 6) is 1.11. The van der Waals surface area contributed by atoms with Gasteiger partial charge >= 0.3 is 0 Å². The van der Waals surface area contributed by atoms with Gasteiger partial charge in [-0.15, -0.1) is 0 Å². The molecule has 15 heavy (non-hydrogen) atoms. The van der Waals surface area contributed by atoms with Crippen molar-refractivity contribution in [3.05, 3.63) is 29.8 Å². The molecule has 0 saturated carbocycles. The zero-order valence-corrected chi connectivity index (χ0v) is 9.25. The molecule has 0 aliphatic carbocycles. The van der Waals surface area contributed by atoms with E-state index < -0.39 is 0 Å². The molecule has 82 valence electrons. The lowest BCUT2D eigenvalue weighted by Gasteiger charge is -2.07. The van der Waals surface area contributed by atoms with Crippen LogP contribution >= 0.6 is 0 Å². The van der Waals surface area contributed by atoms with Crippen molar-refractivity contribution in [3.63, 3.8) is 0 Å². The number of hydrogen-bond acceptors (Lipinski definition) is 3. The Hall–Kier alpha value is -1.51. The standard InChI is InChI=1S/C12H17NO2/c1-3-10-5-4-6-11(9-10)15-8-7-12(13)14-2/h4-6,9,13H,3,7-8H2,1-2H3. The first-order valence-corrected chi connectivity index (χ1v) is 5.09. The molecule has 0 aliphatic heterocycles. The summed E-state index contributed by atoms with van der Waals surface area (Å²) in [4.78, 5) is 0. The van der Waals surface area contributed by atoms with Crippen LogP contribution in [0.15, 0.2) is 24.3 Å². The summed E-state index contributed by atoms with van der Waals surface area (Å²) in [6.07, 6.45) is 1.51. The van der Waals surface area contributed by atoms with Crippen LogP contribution in [0.2, 0.25) is 0 Å². The van der Waals surface area contributed by atoms with Crippen molar-refractivity contribution in [1.29, 1.82) is 5.41 Å². The van der Waals surface area contributed by atoms with Gasteiger partial charge in [0.2, 0.25) is 0 Å². The molecule has 0 saturated heterocycles. The molecule has 0 aromatic heterocycles. The number of methoxy groups -OCH3 is 1. The fraction of sp³-hybridized carbons (Fsp3) is 0.417. The van der Waals surface area contributed by atoms with E-state index in [-0.39, 0.29) is 5.90 Å². The largest absolute Gasteiger partial charge is 0.493 e. The molecule has 0 aliphatic rings. The molecule has 0 unspecified atom stereocenters. The van der Waals surface area contributed by atoms with Gasteiger partial charge in [0, 0.05) is 0 Å². The molecule has 1 aromatic carbocycles. The third kappa shape index (κ3) is 4.02. The monoisotopic (exact) mass is 207 g/mol. The van der Waals surface area contributed by atoms with Gasteiger partial charge in [-0.3, -0.25) is 5.41 Å². The summed E-state index contributed by atoms with van der Waals surface area (Å²) >= 11 is 0. The van der Waals surface area contributed by atoms with Crippen molar-refractivity contribution >= 4 is 5.90 Å². The highest BCUT2D eigenvalue weighted by molar-refractivity contribution is 5.72. The Kier molecular flexibility index (Phi) is 4.68. The summed E-state index contributed by atoms with van der Waals surface area (Å²) in [6.45, 7) is 2.60. The maximum absolute atomic E-state index is 7.28. The molecule has 0 bridgehead atoms. The SMILES string of the molecule is CCc1cccc(OCCC(=N)OC)c1. The maximum atomic E-state index is 7.28. The number of aryl methyl sites for hydroxylation is 1. The van der Waals surface area contributed by atoms with Crippen molar-refractivity contribution in [1.82, 2.24) is 0 Å². The zero-order chi connectivity index (χ0) is 11.1. The molecule has 1 rings (SSSR count). The molecule has 0 radical (unpaired) electrons. The van der Waals surface area contributed by atoms with Crippen LogP contribution in [0.25, 0.3) is 0 Å². The quantitative estimate of drug-likeness (QED) is 0.595. The smallest absolute Gasteiger partial charge is 0.183 e. The third-order valence-electron chi connectivity index (χ3n) is 2.15. The molecule has 0 fully saturated rings. The fourth-order valence-corrected chi connectivity index (χ4v) is 1.22. The van der Waals surface area contributed by atoms with Crippen molar-refractivity contribution in [2.45, 2.75) is 19.8 Å². The predicted molar refractivity (Wildman–Crippen MR) is 60.7 cm³/mol. The predicted octanol–water partition coefficient (Wildman–Crippen LogP) is 2.64. The van der Waals surface area contributed by atoms with Crippen LogP contribution in [0.4, 0.5) is 0 Å². The second kappa shape index (κ2) is 6.06. The van der Waals surface area contributed by atoms with Gasteiger partial charge in [0.15, 0.2) is 5.90 Å². The van der Waals surface area contributed by atoms with Crippen LogP contribution in [0.1, 0.15) is 18.9 Å². The van der Waals surface area contributed by atoms with Gasteiger partial charge in [-0.25, -0.2) is 0 Å². The van der Waals surface area contributed by atoms with Gasteiger partial charge in [0.25, 0.3) is 0 Å². The Morgan fingerprint density at radius 2 is 2.20 bits per heavy atom. The van der Waals surface area contributed by atoms with Crippen LogP contribution in [0.5, 0.6) is 5.75 Å². The van der Waals surface area contributed by atoms with E-state index in [1.165, 1.54) is 12.7 Å². The second-order valence-electron chi connectivity index (χ2n) is 3.23. The minimum absolute atomic E-state index is 0.252. The van der Waals surface area contributed by atoms with Crippen molar-refractivity contribution < 1.29 is 9.47 Å². The first-order chi connectivity index (χ1) is 7.26. The molecule has 1 N–H and O–H groups in total. The summed E-state index contributed by atoms with van der Waals surface area (Å²) < 4.78 is 10.2. The topological polar surface area (TPSA) is 42.3 Å². The average molecular weight is 207 g/mol. The zero-order valence-electron chi connectivity index (χ0n) is 9.25. The summed E-state index contributed by atoms with van der Waals surface area (Å²) in [6, 6.07) is 8.01. The minimum atomic E-state index is 0.252. The molecule has 0 heterocycles. The third-order valence-corrected chi connectivity index (χ3v) is 2.15. The van der Waals surface area contributed by atoms with E-state index in [9.17, 15) is 0 Å². The molecule has 3 heteroatoms. The molecule has 0 spiro atoms. The van der Waals surface area contributed by atoms with Crippen molar-refractivity contribution in [2.75, 3.05) is 13.7 Å². The van der Waals surface area contributed by atoms with E-state index >= 15 is 0 Å². The lowest BCUT2D eigenvalue weighted by Crippen LogP contribution is -2.06. The van der Waals surface area contributed by atoms with E-state index in [1.54, 1.807) is 0 Å². The number of hydrogen-bond donors (Lipinski definition) is 1. The van der Waals surface area contributed by atoms with Crippen LogP contribution in [-0.4, -0.2) is 19.6 Å². The van der Waals surface area contributed by atoms with E-state index in [4.69, 9.17) is 14.9 Å². The Balaban J connectivity index is 2.40. The number of nitrogens with one attached hydrogen (secondary N) is 1. The summed E-state index contributed by atoms with van der Waals surface area (Å²) in [7, 11) is 1.50. The highest BCUT2D eigenvalue weighted by atomic mass is 16.5. The number of benzene rings is 1. The van der Waals surface area contributed by atoms with Crippen LogP contribution in [0, 0.1) is 5.41 Å². The average Bonchev–Trinajstić information content (AvgIpc) is 2.29. The summed E-state index contributed by atoms with van der Waals surface area (Å²) in [5.41, 5.74) is 1.26. The lowest BCUT2D eigenvalue weighted by molar-refractivity contribution is 0.307. The van der Waals surface area contributed by atoms with Gasteiger partial charge in [-0.2, -0.15) is 0 Å². The van der Waals surface area contributed by atoms with Gasteiger partial charge in [-0.1, -0.05) is 19.1 Å². The Morgan fingerprint density at radius 3 is 2.87 bits per heavy atom. The van der Waals surface area contributed by atoms with E-state index in [0.29, 0.717) is 13.0 Å². The Morgan fingerprint density at radius 1 is 1.40 bits per heavy atom. The molecule has 0 atom stereocenters. The minimum Gasteiger partial charge on any atom is -0.493 e. The highest BCUT2D eigenvalue weighted by Crippen LogP contribution is 2.13. The summed E-state index contributed by atoms with van der Waals surface area (Å²) in [5, 5.41) is 7.28. The van der Waals surface area contributed by atoms with Crippen molar-refractivity contribution in [2.24, 2.45) is 0 Å². The van der Waals surface area contributed by atoms with E-state index in [1.807, 2.05) is 18.2 Å².